The van der Waals surface area contributed by atoms with Crippen LogP contribution in [-0.4, -0.2) is 42.9 Å². The minimum absolute atomic E-state index is 0.155. The monoisotopic (exact) mass is 512 g/mol. The standard InChI is InChI=1S/C30H34N5O3/c1-4-5-19-37-25-17-15-23(16-18-25)28-33-30(29(36)35(2)3,20-22-11-7-6-8-12-22)27(38-28)26-14-10-9-13-24(26)21-32-34-31/h6-18,27,31H,4-5,19-21H2,1-3H3/q+1/t27-,30-/m1/s1. The second kappa shape index (κ2) is 12.3. The molecule has 1 heterocycles. The van der Waals surface area contributed by atoms with Gasteiger partial charge in [-0.25, -0.2) is 4.99 Å². The van der Waals surface area contributed by atoms with Gasteiger partial charge in [-0.15, -0.1) is 0 Å². The Hall–Kier alpha value is -4.29. The van der Waals surface area contributed by atoms with E-state index in [1.165, 1.54) is 0 Å². The van der Waals surface area contributed by atoms with Gasteiger partial charge in [0.05, 0.1) is 6.61 Å². The highest BCUT2D eigenvalue weighted by atomic mass is 16.5. The Kier molecular flexibility index (Phi) is 8.66. The van der Waals surface area contributed by atoms with Crippen LogP contribution in [0.25, 0.3) is 0 Å². The van der Waals surface area contributed by atoms with Crippen molar-refractivity contribution in [3.63, 3.8) is 0 Å². The van der Waals surface area contributed by atoms with E-state index in [0.29, 0.717) is 18.9 Å². The predicted octanol–water partition coefficient (Wildman–Crippen LogP) is 5.50. The normalized spacial score (nSPS) is 18.2. The molecule has 0 bridgehead atoms. The summed E-state index contributed by atoms with van der Waals surface area (Å²) < 4.78 is 12.4. The highest BCUT2D eigenvalue weighted by Gasteiger charge is 2.54. The van der Waals surface area contributed by atoms with Crippen LogP contribution >= 0.6 is 0 Å². The van der Waals surface area contributed by atoms with Gasteiger partial charge in [-0.05, 0) is 41.8 Å². The first kappa shape index (κ1) is 26.8. The van der Waals surface area contributed by atoms with Gasteiger partial charge in [0.2, 0.25) is 10.8 Å². The largest absolute Gasteiger partial charge is 0.494 e. The molecule has 38 heavy (non-hydrogen) atoms. The summed E-state index contributed by atoms with van der Waals surface area (Å²) in [5.41, 5.74) is 9.25. The number of amides is 1. The maximum Gasteiger partial charge on any atom is 0.254 e. The summed E-state index contributed by atoms with van der Waals surface area (Å²) >= 11 is 0. The Morgan fingerprint density at radius 1 is 1.08 bits per heavy atom. The van der Waals surface area contributed by atoms with E-state index < -0.39 is 11.6 Å². The number of hydrogen-bond donors (Lipinski definition) is 1. The predicted molar refractivity (Wildman–Crippen MR) is 146 cm³/mol. The fourth-order valence-electron chi connectivity index (χ4n) is 4.66. The first-order valence-electron chi connectivity index (χ1n) is 12.8. The van der Waals surface area contributed by atoms with Crippen molar-refractivity contribution in [3.8, 4) is 5.75 Å². The zero-order chi connectivity index (χ0) is 27.0. The molecule has 0 spiro atoms. The maximum atomic E-state index is 14.0. The van der Waals surface area contributed by atoms with Crippen LogP contribution in [0.3, 0.4) is 0 Å². The first-order chi connectivity index (χ1) is 18.5. The minimum Gasteiger partial charge on any atom is -0.494 e. The zero-order valence-corrected chi connectivity index (χ0v) is 22.1. The second-order valence-electron chi connectivity index (χ2n) is 9.53. The van der Waals surface area contributed by atoms with Crippen LogP contribution in [0, 0.1) is 5.53 Å². The average molecular weight is 513 g/mol. The smallest absolute Gasteiger partial charge is 0.254 e. The van der Waals surface area contributed by atoms with Gasteiger partial charge in [-0.3, -0.25) is 4.79 Å². The van der Waals surface area contributed by atoms with Gasteiger partial charge < -0.3 is 14.4 Å². The third-order valence-corrected chi connectivity index (χ3v) is 6.57. The van der Waals surface area contributed by atoms with Crippen LogP contribution in [0.2, 0.25) is 0 Å². The summed E-state index contributed by atoms with van der Waals surface area (Å²) in [7, 11) is 3.48. The molecule has 0 saturated carbocycles. The summed E-state index contributed by atoms with van der Waals surface area (Å²) in [5, 5.41) is 3.89. The molecule has 3 aromatic rings. The van der Waals surface area contributed by atoms with Gasteiger partial charge in [-0.1, -0.05) is 67.9 Å². The Morgan fingerprint density at radius 2 is 1.79 bits per heavy atom. The van der Waals surface area contributed by atoms with Crippen molar-refractivity contribution in [1.82, 2.24) is 9.81 Å². The van der Waals surface area contributed by atoms with Crippen molar-refractivity contribution in [2.45, 2.75) is 44.4 Å². The molecule has 0 unspecified atom stereocenters. The van der Waals surface area contributed by atoms with Crippen molar-refractivity contribution in [1.29, 1.82) is 5.53 Å². The second-order valence-corrected chi connectivity index (χ2v) is 9.53. The third kappa shape index (κ3) is 5.82. The SMILES string of the molecule is CCCCOc1ccc(C2=N[C@@](Cc3ccccc3)(C(=O)N(C)C)[C@@H](c3ccccc3CN=[N+]=N)O2)cc1. The third-order valence-electron chi connectivity index (χ3n) is 6.57. The van der Waals surface area contributed by atoms with Gasteiger partial charge in [0.1, 0.15) is 22.9 Å². The van der Waals surface area contributed by atoms with Crippen molar-refractivity contribution in [3.05, 3.63) is 101 Å². The summed E-state index contributed by atoms with van der Waals surface area (Å²) in [5.74, 6) is 1.03. The van der Waals surface area contributed by atoms with Gasteiger partial charge in [0.15, 0.2) is 11.6 Å². The Bertz CT molecular complexity index is 1320. The van der Waals surface area contributed by atoms with Crippen LogP contribution < -0.4 is 9.65 Å². The van der Waals surface area contributed by atoms with Crippen LogP contribution in [0.1, 0.15) is 48.1 Å². The molecule has 0 saturated heterocycles. The van der Waals surface area contributed by atoms with Crippen LogP contribution in [0.4, 0.5) is 0 Å². The molecule has 0 radical (unpaired) electrons. The lowest BCUT2D eigenvalue weighted by atomic mass is 9.80. The van der Waals surface area contributed by atoms with E-state index in [-0.39, 0.29) is 12.5 Å². The van der Waals surface area contributed by atoms with E-state index in [4.69, 9.17) is 20.0 Å². The van der Waals surface area contributed by atoms with E-state index in [0.717, 1.165) is 40.8 Å². The summed E-state index contributed by atoms with van der Waals surface area (Å²) in [6.45, 7) is 3.00. The van der Waals surface area contributed by atoms with Crippen molar-refractivity contribution in [2.75, 3.05) is 20.7 Å². The number of likely N-dealkylation sites (N-methyl/N-ethyl adjacent to an activating group) is 1. The summed E-state index contributed by atoms with van der Waals surface area (Å²) in [4.78, 5) is 23.8. The topological polar surface area (TPSA) is 101 Å². The van der Waals surface area contributed by atoms with E-state index in [1.54, 1.807) is 19.0 Å². The average Bonchev–Trinajstić information content (AvgIpc) is 3.32. The molecule has 2 atom stereocenters. The lowest BCUT2D eigenvalue weighted by Gasteiger charge is -2.33. The zero-order valence-electron chi connectivity index (χ0n) is 22.1. The molecule has 3 aromatic carbocycles. The molecule has 4 rings (SSSR count). The van der Waals surface area contributed by atoms with E-state index in [1.807, 2.05) is 78.9 Å². The molecule has 8 heteroatoms. The van der Waals surface area contributed by atoms with Crippen LogP contribution in [0.5, 0.6) is 5.75 Å². The summed E-state index contributed by atoms with van der Waals surface area (Å²) in [6, 6.07) is 25.2. The number of carbonyl (C=O) groups excluding carboxylic acids is 1. The van der Waals surface area contributed by atoms with Gasteiger partial charge in [0.25, 0.3) is 5.91 Å². The Labute approximate surface area is 223 Å². The molecular formula is C30H34N5O3+. The first-order valence-corrected chi connectivity index (χ1v) is 12.8. The number of rotatable bonds is 11. The molecular weight excluding hydrogens is 478 g/mol. The number of nitrogens with zero attached hydrogens (tertiary/aromatic N) is 4. The number of unbranched alkanes of at least 4 members (excludes halogenated alkanes) is 1. The Balaban J connectivity index is 1.82. The molecule has 0 aromatic heterocycles. The fraction of sp³-hybridized carbons (Fsp3) is 0.333. The number of hydrogen-bond acceptors (Lipinski definition) is 6. The highest BCUT2D eigenvalue weighted by Crippen LogP contribution is 2.44. The van der Waals surface area contributed by atoms with Crippen LogP contribution in [0.15, 0.2) is 89.0 Å². The number of aliphatic imine (C=N–C) groups is 1. The van der Waals surface area contributed by atoms with Crippen LogP contribution in [-0.2, 0) is 22.5 Å². The van der Waals surface area contributed by atoms with E-state index >= 15 is 0 Å². The van der Waals surface area contributed by atoms with E-state index in [9.17, 15) is 4.79 Å². The highest BCUT2D eigenvalue weighted by molar-refractivity contribution is 6.01. The maximum absolute atomic E-state index is 14.0. The van der Waals surface area contributed by atoms with Crippen molar-refractivity contribution < 1.29 is 14.3 Å². The molecule has 1 amide bonds. The number of ether oxygens (including phenoxy) is 2. The van der Waals surface area contributed by atoms with Gasteiger partial charge in [0, 0.05) is 31.6 Å². The van der Waals surface area contributed by atoms with Crippen molar-refractivity contribution in [2.24, 2.45) is 10.1 Å². The van der Waals surface area contributed by atoms with Crippen molar-refractivity contribution >= 4 is 11.8 Å². The lowest BCUT2D eigenvalue weighted by Crippen LogP contribution is -2.49. The molecule has 1 N–H and O–H groups in total. The molecule has 0 fully saturated rings. The van der Waals surface area contributed by atoms with E-state index in [2.05, 4.69) is 16.9 Å². The molecule has 8 nitrogen and oxygen atoms in total. The minimum atomic E-state index is -1.25. The Morgan fingerprint density at radius 3 is 2.47 bits per heavy atom. The fourth-order valence-corrected chi connectivity index (χ4v) is 4.66. The molecule has 0 aliphatic carbocycles. The number of nitrogens with one attached hydrogen (secondary N) is 1. The summed E-state index contributed by atoms with van der Waals surface area (Å²) in [6.07, 6.45) is 1.71. The van der Waals surface area contributed by atoms with Gasteiger partial charge >= 0.3 is 0 Å². The molecule has 1 aliphatic heterocycles. The molecule has 1 aliphatic rings. The van der Waals surface area contributed by atoms with Gasteiger partial charge in [-0.2, -0.15) is 0 Å². The lowest BCUT2D eigenvalue weighted by molar-refractivity contribution is -0.137. The number of carbonyl (C=O) groups is 1. The number of benzene rings is 3. The quantitative estimate of drug-likeness (QED) is 0.208. The molecule has 196 valence electrons.